The minimum Gasteiger partial charge on any atom is -0.385 e. The molecule has 1 aromatic carbocycles. The molecule has 144 valence electrons. The highest BCUT2D eigenvalue weighted by molar-refractivity contribution is 6.05. The number of carbonyl (C=O) groups excluding carboxylic acids is 2. The second-order valence-corrected chi connectivity index (χ2v) is 7.31. The first kappa shape index (κ1) is 20.6. The molecule has 1 heterocycles. The third kappa shape index (κ3) is 6.18. The monoisotopic (exact) mass is 369 g/mol. The van der Waals surface area contributed by atoms with E-state index >= 15 is 0 Å². The van der Waals surface area contributed by atoms with Crippen molar-refractivity contribution in [3.05, 3.63) is 59.4 Å². The van der Waals surface area contributed by atoms with Crippen molar-refractivity contribution in [3.8, 4) is 0 Å². The Hall–Kier alpha value is -2.73. The van der Waals surface area contributed by atoms with Crippen LogP contribution in [-0.4, -0.2) is 37.1 Å². The lowest BCUT2D eigenvalue weighted by molar-refractivity contribution is 0.0943. The second-order valence-electron chi connectivity index (χ2n) is 7.31. The van der Waals surface area contributed by atoms with Gasteiger partial charge in [-0.15, -0.1) is 0 Å². The average molecular weight is 369 g/mol. The summed E-state index contributed by atoms with van der Waals surface area (Å²) in [6.07, 6.45) is 2.18. The molecule has 2 amide bonds. The standard InChI is InChI=1S/C21H27N3O3/c1-21(2,3)16-6-8-17(9-7-16)24-19(25)15-10-12-22-18(14-15)20(26)23-11-5-13-27-4/h6-10,12,14H,5,11,13H2,1-4H3,(H,23,26)(H,24,25). The van der Waals surface area contributed by atoms with E-state index in [1.165, 1.54) is 17.8 Å². The Bertz CT molecular complexity index is 780. The number of methoxy groups -OCH3 is 1. The Morgan fingerprint density at radius 1 is 1.07 bits per heavy atom. The average Bonchev–Trinajstić information content (AvgIpc) is 2.65. The number of hydrogen-bond acceptors (Lipinski definition) is 4. The van der Waals surface area contributed by atoms with Gasteiger partial charge in [0.25, 0.3) is 11.8 Å². The van der Waals surface area contributed by atoms with Gasteiger partial charge in [0, 0.05) is 37.7 Å². The molecule has 0 spiro atoms. The molecule has 2 rings (SSSR count). The van der Waals surface area contributed by atoms with Gasteiger partial charge < -0.3 is 15.4 Å². The molecule has 0 aliphatic rings. The van der Waals surface area contributed by atoms with Crippen molar-refractivity contribution in [2.45, 2.75) is 32.6 Å². The number of carbonyl (C=O) groups is 2. The molecule has 1 aromatic heterocycles. The molecule has 0 aliphatic heterocycles. The number of rotatable bonds is 7. The van der Waals surface area contributed by atoms with Gasteiger partial charge in [-0.05, 0) is 41.7 Å². The minimum atomic E-state index is -0.310. The van der Waals surface area contributed by atoms with Crippen LogP contribution in [0.3, 0.4) is 0 Å². The zero-order chi connectivity index (χ0) is 19.9. The lowest BCUT2D eigenvalue weighted by atomic mass is 9.87. The second kappa shape index (κ2) is 9.28. The topological polar surface area (TPSA) is 80.3 Å². The maximum absolute atomic E-state index is 12.5. The fraction of sp³-hybridized carbons (Fsp3) is 0.381. The van der Waals surface area contributed by atoms with Gasteiger partial charge in [-0.2, -0.15) is 0 Å². The number of anilines is 1. The molecule has 0 atom stereocenters. The van der Waals surface area contributed by atoms with Gasteiger partial charge >= 0.3 is 0 Å². The first-order chi connectivity index (χ1) is 12.8. The summed E-state index contributed by atoms with van der Waals surface area (Å²) >= 11 is 0. The van der Waals surface area contributed by atoms with Crippen LogP contribution in [0, 0.1) is 0 Å². The molecule has 0 unspecified atom stereocenters. The van der Waals surface area contributed by atoms with Crippen molar-refractivity contribution >= 4 is 17.5 Å². The van der Waals surface area contributed by atoms with E-state index in [1.54, 1.807) is 13.2 Å². The molecular formula is C21H27N3O3. The van der Waals surface area contributed by atoms with Gasteiger partial charge in [0.05, 0.1) is 0 Å². The normalized spacial score (nSPS) is 11.1. The summed E-state index contributed by atoms with van der Waals surface area (Å²) < 4.78 is 4.94. The highest BCUT2D eigenvalue weighted by Gasteiger charge is 2.14. The lowest BCUT2D eigenvalue weighted by Gasteiger charge is -2.19. The molecule has 6 nitrogen and oxygen atoms in total. The molecule has 2 N–H and O–H groups in total. The number of ether oxygens (including phenoxy) is 1. The first-order valence-electron chi connectivity index (χ1n) is 8.96. The maximum atomic E-state index is 12.5. The van der Waals surface area contributed by atoms with Gasteiger partial charge in [-0.3, -0.25) is 14.6 Å². The quantitative estimate of drug-likeness (QED) is 0.733. The number of benzene rings is 1. The number of aromatic nitrogens is 1. The maximum Gasteiger partial charge on any atom is 0.269 e. The molecule has 2 aromatic rings. The van der Waals surface area contributed by atoms with Gasteiger partial charge in [-0.25, -0.2) is 0 Å². The van der Waals surface area contributed by atoms with Crippen molar-refractivity contribution in [3.63, 3.8) is 0 Å². The molecule has 0 aliphatic carbocycles. The van der Waals surface area contributed by atoms with Gasteiger partial charge in [0.2, 0.25) is 0 Å². The summed E-state index contributed by atoms with van der Waals surface area (Å²) in [5.74, 6) is -0.593. The van der Waals surface area contributed by atoms with E-state index in [2.05, 4.69) is 36.4 Å². The third-order valence-electron chi connectivity index (χ3n) is 4.07. The molecule has 6 heteroatoms. The zero-order valence-electron chi connectivity index (χ0n) is 16.3. The fourth-order valence-electron chi connectivity index (χ4n) is 2.46. The molecule has 0 fully saturated rings. The fourth-order valence-corrected chi connectivity index (χ4v) is 2.46. The van der Waals surface area contributed by atoms with Crippen LogP contribution >= 0.6 is 0 Å². The molecule has 0 saturated heterocycles. The zero-order valence-corrected chi connectivity index (χ0v) is 16.3. The summed E-state index contributed by atoms with van der Waals surface area (Å²) in [6.45, 7) is 7.48. The highest BCUT2D eigenvalue weighted by atomic mass is 16.5. The van der Waals surface area contributed by atoms with Gasteiger partial charge in [0.15, 0.2) is 0 Å². The molecule has 27 heavy (non-hydrogen) atoms. The van der Waals surface area contributed by atoms with Crippen LogP contribution in [0.5, 0.6) is 0 Å². The molecular weight excluding hydrogens is 342 g/mol. The van der Waals surface area contributed by atoms with Crippen LogP contribution in [0.2, 0.25) is 0 Å². The third-order valence-corrected chi connectivity index (χ3v) is 4.07. The molecule has 0 radical (unpaired) electrons. The highest BCUT2D eigenvalue weighted by Crippen LogP contribution is 2.23. The Labute approximate surface area is 160 Å². The predicted molar refractivity (Wildman–Crippen MR) is 106 cm³/mol. The van der Waals surface area contributed by atoms with Gasteiger partial charge in [0.1, 0.15) is 5.69 Å². The Morgan fingerprint density at radius 3 is 2.41 bits per heavy atom. The number of hydrogen-bond donors (Lipinski definition) is 2. The van der Waals surface area contributed by atoms with E-state index < -0.39 is 0 Å². The number of amides is 2. The van der Waals surface area contributed by atoms with E-state index in [9.17, 15) is 9.59 Å². The number of nitrogens with zero attached hydrogens (tertiary/aromatic N) is 1. The van der Waals surface area contributed by atoms with Crippen LogP contribution in [0.4, 0.5) is 5.69 Å². The SMILES string of the molecule is COCCCNC(=O)c1cc(C(=O)Nc2ccc(C(C)(C)C)cc2)ccn1. The van der Waals surface area contributed by atoms with Crippen LogP contribution in [0.1, 0.15) is 53.6 Å². The smallest absolute Gasteiger partial charge is 0.269 e. The van der Waals surface area contributed by atoms with E-state index in [1.807, 2.05) is 24.3 Å². The van der Waals surface area contributed by atoms with Crippen molar-refractivity contribution in [1.29, 1.82) is 0 Å². The Morgan fingerprint density at radius 2 is 1.78 bits per heavy atom. The summed E-state index contributed by atoms with van der Waals surface area (Å²) in [5, 5.41) is 5.60. The number of nitrogens with one attached hydrogen (secondary N) is 2. The van der Waals surface area contributed by atoms with Crippen molar-refractivity contribution < 1.29 is 14.3 Å². The summed E-state index contributed by atoms with van der Waals surface area (Å²) in [5.41, 5.74) is 2.54. The Kier molecular flexibility index (Phi) is 7.07. The van der Waals surface area contributed by atoms with Crippen LogP contribution in [0.15, 0.2) is 42.6 Å². The van der Waals surface area contributed by atoms with E-state index in [0.29, 0.717) is 30.8 Å². The summed E-state index contributed by atoms with van der Waals surface area (Å²) in [7, 11) is 1.61. The largest absolute Gasteiger partial charge is 0.385 e. The van der Waals surface area contributed by atoms with E-state index in [-0.39, 0.29) is 22.9 Å². The van der Waals surface area contributed by atoms with Crippen molar-refractivity contribution in [2.75, 3.05) is 25.6 Å². The van der Waals surface area contributed by atoms with E-state index in [4.69, 9.17) is 4.74 Å². The van der Waals surface area contributed by atoms with Crippen molar-refractivity contribution in [1.82, 2.24) is 10.3 Å². The summed E-state index contributed by atoms with van der Waals surface area (Å²) in [4.78, 5) is 28.7. The first-order valence-corrected chi connectivity index (χ1v) is 8.96. The number of pyridine rings is 1. The van der Waals surface area contributed by atoms with Crippen LogP contribution in [0.25, 0.3) is 0 Å². The van der Waals surface area contributed by atoms with Crippen LogP contribution in [-0.2, 0) is 10.2 Å². The molecule has 0 bridgehead atoms. The lowest BCUT2D eigenvalue weighted by Crippen LogP contribution is -2.26. The van der Waals surface area contributed by atoms with E-state index in [0.717, 1.165) is 0 Å². The van der Waals surface area contributed by atoms with Gasteiger partial charge in [-0.1, -0.05) is 32.9 Å². The van der Waals surface area contributed by atoms with Crippen LogP contribution < -0.4 is 10.6 Å². The minimum absolute atomic E-state index is 0.0547. The summed E-state index contributed by atoms with van der Waals surface area (Å²) in [6, 6.07) is 10.8. The molecule has 0 saturated carbocycles. The predicted octanol–water partition coefficient (Wildman–Crippen LogP) is 3.40. The van der Waals surface area contributed by atoms with Crippen molar-refractivity contribution in [2.24, 2.45) is 0 Å². The Balaban J connectivity index is 2.01.